The van der Waals surface area contributed by atoms with Gasteiger partial charge in [-0.05, 0) is 44.2 Å². The fraction of sp³-hybridized carbons (Fsp3) is 0.0870. The van der Waals surface area contributed by atoms with Crippen molar-refractivity contribution in [1.82, 2.24) is 26.7 Å². The normalized spacial score (nSPS) is 10.1. The van der Waals surface area contributed by atoms with Crippen molar-refractivity contribution in [2.45, 2.75) is 13.8 Å². The monoisotopic (exact) mass is 497 g/mol. The highest BCUT2D eigenvalue weighted by Gasteiger charge is 2.15. The van der Waals surface area contributed by atoms with E-state index in [1.54, 1.807) is 13.8 Å². The van der Waals surface area contributed by atoms with Crippen molar-refractivity contribution in [2.24, 2.45) is 0 Å². The van der Waals surface area contributed by atoms with E-state index in [0.717, 1.165) is 12.1 Å². The zero-order valence-electron chi connectivity index (χ0n) is 19.0. The number of aryl methyl sites for hydroxylation is 2. The van der Waals surface area contributed by atoms with Crippen LogP contribution in [0.1, 0.15) is 32.1 Å². The third-order valence-electron chi connectivity index (χ3n) is 4.72. The molecule has 0 fully saturated rings. The van der Waals surface area contributed by atoms with E-state index in [-0.39, 0.29) is 22.5 Å². The maximum Gasteiger partial charge on any atom is 0.337 e. The van der Waals surface area contributed by atoms with Gasteiger partial charge < -0.3 is 10.6 Å². The van der Waals surface area contributed by atoms with Gasteiger partial charge in [-0.2, -0.15) is 0 Å². The first-order valence-electron chi connectivity index (χ1n) is 10.4. The third kappa shape index (κ3) is 6.50. The minimum Gasteiger partial charge on any atom is -0.305 e. The summed E-state index contributed by atoms with van der Waals surface area (Å²) in [5.41, 5.74) is 8.96. The fourth-order valence-corrected chi connectivity index (χ4v) is 2.94. The van der Waals surface area contributed by atoms with E-state index in [4.69, 9.17) is 0 Å². The summed E-state index contributed by atoms with van der Waals surface area (Å²) in [4.78, 5) is 52.7. The Kier molecular flexibility index (Phi) is 8.07. The van der Waals surface area contributed by atoms with Gasteiger partial charge in [0, 0.05) is 0 Å². The van der Waals surface area contributed by atoms with Gasteiger partial charge in [0.15, 0.2) is 0 Å². The summed E-state index contributed by atoms with van der Waals surface area (Å²) in [5.74, 6) is -3.23. The number of hydrogen-bond acceptors (Lipinski definition) is 5. The van der Waals surface area contributed by atoms with Crippen LogP contribution in [0, 0.1) is 25.5 Å². The maximum atomic E-state index is 13.7. The molecule has 0 saturated carbocycles. The number of pyridine rings is 1. The van der Waals surface area contributed by atoms with E-state index >= 15 is 0 Å². The molecule has 3 aromatic rings. The van der Waals surface area contributed by atoms with Crippen LogP contribution in [0.5, 0.6) is 0 Å². The number of hydrazine groups is 2. The number of anilines is 2. The van der Waals surface area contributed by atoms with Crippen molar-refractivity contribution in [3.8, 4) is 0 Å². The number of hydrogen-bond donors (Lipinski definition) is 6. The highest BCUT2D eigenvalue weighted by Crippen LogP contribution is 2.21. The Labute approximate surface area is 203 Å². The van der Waals surface area contributed by atoms with E-state index in [0.29, 0.717) is 11.4 Å². The highest BCUT2D eigenvalue weighted by atomic mass is 19.1. The van der Waals surface area contributed by atoms with Crippen LogP contribution in [-0.2, 0) is 0 Å². The second-order valence-electron chi connectivity index (χ2n) is 7.28. The molecule has 11 nitrogen and oxygen atoms in total. The Bertz CT molecular complexity index is 1240. The summed E-state index contributed by atoms with van der Waals surface area (Å²) in [7, 11) is 0. The summed E-state index contributed by atoms with van der Waals surface area (Å²) < 4.78 is 27.4. The van der Waals surface area contributed by atoms with Crippen molar-refractivity contribution in [2.75, 3.05) is 10.6 Å². The number of amides is 6. The van der Waals surface area contributed by atoms with Gasteiger partial charge in [-0.1, -0.05) is 24.3 Å². The number of benzene rings is 2. The molecular weight excluding hydrogens is 476 g/mol. The molecule has 186 valence electrons. The van der Waals surface area contributed by atoms with Gasteiger partial charge in [-0.15, -0.1) is 0 Å². The molecule has 2 aromatic carbocycles. The van der Waals surface area contributed by atoms with Crippen LogP contribution in [0.4, 0.5) is 29.7 Å². The van der Waals surface area contributed by atoms with Gasteiger partial charge in [0.25, 0.3) is 11.8 Å². The van der Waals surface area contributed by atoms with Crippen LogP contribution in [0.15, 0.2) is 54.6 Å². The van der Waals surface area contributed by atoms with Crippen LogP contribution in [0.25, 0.3) is 0 Å². The molecule has 0 aliphatic carbocycles. The van der Waals surface area contributed by atoms with Gasteiger partial charge in [-0.25, -0.2) is 29.2 Å². The quantitative estimate of drug-likeness (QED) is 0.306. The first kappa shape index (κ1) is 25.6. The first-order valence-corrected chi connectivity index (χ1v) is 10.4. The van der Waals surface area contributed by atoms with Crippen LogP contribution >= 0.6 is 0 Å². The second-order valence-corrected chi connectivity index (χ2v) is 7.28. The van der Waals surface area contributed by atoms with Gasteiger partial charge in [-0.3, -0.25) is 25.4 Å². The van der Waals surface area contributed by atoms with Gasteiger partial charge >= 0.3 is 12.1 Å². The van der Waals surface area contributed by atoms with Gasteiger partial charge in [0.05, 0.1) is 33.9 Å². The van der Waals surface area contributed by atoms with Crippen molar-refractivity contribution in [1.29, 1.82) is 0 Å². The summed E-state index contributed by atoms with van der Waals surface area (Å²) in [6.07, 6.45) is 0. The van der Waals surface area contributed by atoms with E-state index in [2.05, 4.69) is 37.3 Å². The number of nitrogens with zero attached hydrogens (tertiary/aromatic N) is 1. The molecule has 0 bridgehead atoms. The van der Waals surface area contributed by atoms with Crippen LogP contribution in [0.3, 0.4) is 0 Å². The third-order valence-corrected chi connectivity index (χ3v) is 4.72. The predicted octanol–water partition coefficient (Wildman–Crippen LogP) is 2.91. The van der Waals surface area contributed by atoms with Gasteiger partial charge in [0.2, 0.25) is 0 Å². The Morgan fingerprint density at radius 3 is 1.42 bits per heavy atom. The molecule has 3 rings (SSSR count). The average molecular weight is 497 g/mol. The zero-order chi connectivity index (χ0) is 26.2. The highest BCUT2D eigenvalue weighted by molar-refractivity contribution is 5.99. The Balaban J connectivity index is 1.58. The van der Waals surface area contributed by atoms with Crippen molar-refractivity contribution >= 4 is 35.3 Å². The summed E-state index contributed by atoms with van der Waals surface area (Å²) >= 11 is 0. The van der Waals surface area contributed by atoms with Crippen LogP contribution < -0.4 is 32.3 Å². The molecule has 0 aliphatic heterocycles. The lowest BCUT2D eigenvalue weighted by Gasteiger charge is -2.15. The molecule has 0 radical (unpaired) electrons. The Hall–Kier alpha value is -5.07. The van der Waals surface area contributed by atoms with Gasteiger partial charge in [0.1, 0.15) is 11.6 Å². The molecular formula is C23H21F2N7O4. The van der Waals surface area contributed by atoms with E-state index in [1.165, 1.54) is 42.5 Å². The summed E-state index contributed by atoms with van der Waals surface area (Å²) in [6.45, 7) is 3.19. The summed E-state index contributed by atoms with van der Waals surface area (Å²) in [5, 5.41) is 4.89. The fourth-order valence-electron chi connectivity index (χ4n) is 2.94. The lowest BCUT2D eigenvalue weighted by molar-refractivity contribution is 0.0926. The molecule has 6 N–H and O–H groups in total. The smallest absolute Gasteiger partial charge is 0.305 e. The number of nitrogens with one attached hydrogen (secondary N) is 6. The standard InChI is InChI=1S/C23H21F2N7O4/c1-12-18(27-22(35)31-29-20(33)14-7-3-5-9-16(14)24)11-19(13(2)26-12)28-23(36)32-30-21(34)15-8-4-6-10-17(15)25/h3-11H,1-2H3,(H,29,33)(H,30,34)(H2,27,31,35)(H2,28,32,36). The van der Waals surface area contributed by atoms with Crippen molar-refractivity contribution in [3.63, 3.8) is 0 Å². The Morgan fingerprint density at radius 1 is 0.639 bits per heavy atom. The largest absolute Gasteiger partial charge is 0.337 e. The zero-order valence-corrected chi connectivity index (χ0v) is 19.0. The molecule has 0 atom stereocenters. The average Bonchev–Trinajstić information content (AvgIpc) is 2.84. The molecule has 13 heteroatoms. The van der Waals surface area contributed by atoms with Crippen LogP contribution in [-0.4, -0.2) is 28.9 Å². The van der Waals surface area contributed by atoms with E-state index in [9.17, 15) is 28.0 Å². The molecule has 0 spiro atoms. The van der Waals surface area contributed by atoms with Crippen LogP contribution in [0.2, 0.25) is 0 Å². The van der Waals surface area contributed by atoms with E-state index in [1.807, 2.05) is 0 Å². The molecule has 0 saturated heterocycles. The summed E-state index contributed by atoms with van der Waals surface area (Å²) in [6, 6.07) is 10.2. The molecule has 1 aromatic heterocycles. The number of halogens is 2. The van der Waals surface area contributed by atoms with Crippen molar-refractivity contribution < 1.29 is 28.0 Å². The minimum atomic E-state index is -0.863. The number of rotatable bonds is 4. The second kappa shape index (κ2) is 11.4. The Morgan fingerprint density at radius 2 is 1.03 bits per heavy atom. The van der Waals surface area contributed by atoms with E-state index < -0.39 is 35.5 Å². The number of carbonyl (C=O) groups excluding carboxylic acids is 4. The molecule has 1 heterocycles. The lowest BCUT2D eigenvalue weighted by atomic mass is 10.2. The number of carbonyl (C=O) groups is 4. The molecule has 6 amide bonds. The van der Waals surface area contributed by atoms with Crippen molar-refractivity contribution in [3.05, 3.63) is 88.7 Å². The molecule has 36 heavy (non-hydrogen) atoms. The molecule has 0 unspecified atom stereocenters. The minimum absolute atomic E-state index is 0.184. The topological polar surface area (TPSA) is 153 Å². The SMILES string of the molecule is Cc1nc(C)c(NC(=O)NNC(=O)c2ccccc2F)cc1NC(=O)NNC(=O)c1ccccc1F. The predicted molar refractivity (Wildman–Crippen MR) is 126 cm³/mol. The number of aromatic nitrogens is 1. The lowest BCUT2D eigenvalue weighted by Crippen LogP contribution is -2.44. The molecule has 0 aliphatic rings. The number of urea groups is 2. The first-order chi connectivity index (χ1) is 17.2. The maximum absolute atomic E-state index is 13.7.